The number of aryl methyl sites for hydroxylation is 1. The molecule has 0 fully saturated rings. The first-order valence-electron chi connectivity index (χ1n) is 7.02. The van der Waals surface area contributed by atoms with Crippen LogP contribution in [0.5, 0.6) is 0 Å². The maximum Gasteiger partial charge on any atom is 0.152 e. The Balaban J connectivity index is 2.33. The van der Waals surface area contributed by atoms with Crippen molar-refractivity contribution < 1.29 is 0 Å². The maximum atomic E-state index is 6.10. The van der Waals surface area contributed by atoms with Gasteiger partial charge in [0.15, 0.2) is 5.15 Å². The summed E-state index contributed by atoms with van der Waals surface area (Å²) in [6, 6.07) is 2.44. The molecule has 1 N–H and O–H groups in total. The molecular formula is C15H25ClN2. The average molecular weight is 269 g/mol. The van der Waals surface area contributed by atoms with Gasteiger partial charge < -0.3 is 5.32 Å². The molecule has 18 heavy (non-hydrogen) atoms. The van der Waals surface area contributed by atoms with Crippen molar-refractivity contribution in [2.75, 3.05) is 5.32 Å². The van der Waals surface area contributed by atoms with Crippen LogP contribution in [0.2, 0.25) is 5.15 Å². The molecule has 102 valence electrons. The van der Waals surface area contributed by atoms with Gasteiger partial charge in [0, 0.05) is 12.2 Å². The number of pyridine rings is 1. The van der Waals surface area contributed by atoms with Crippen molar-refractivity contribution in [1.82, 2.24) is 4.98 Å². The topological polar surface area (TPSA) is 24.9 Å². The van der Waals surface area contributed by atoms with Crippen molar-refractivity contribution in [2.45, 2.75) is 65.3 Å². The zero-order valence-electron chi connectivity index (χ0n) is 11.8. The highest BCUT2D eigenvalue weighted by Crippen LogP contribution is 2.24. The second kappa shape index (κ2) is 8.36. The van der Waals surface area contributed by atoms with Crippen molar-refractivity contribution in [2.24, 2.45) is 0 Å². The molecule has 1 unspecified atom stereocenters. The smallest absolute Gasteiger partial charge is 0.152 e. The predicted octanol–water partition coefficient (Wildman–Crippen LogP) is 5.20. The molecule has 1 heterocycles. The molecule has 0 aromatic carbocycles. The quantitative estimate of drug-likeness (QED) is 0.517. The lowest BCUT2D eigenvalue weighted by Crippen LogP contribution is -2.16. The lowest BCUT2D eigenvalue weighted by molar-refractivity contribution is 0.578. The van der Waals surface area contributed by atoms with Gasteiger partial charge in [0.25, 0.3) is 0 Å². The fraction of sp³-hybridized carbons (Fsp3) is 0.667. The van der Waals surface area contributed by atoms with Gasteiger partial charge in [-0.15, -0.1) is 0 Å². The van der Waals surface area contributed by atoms with Gasteiger partial charge in [0.1, 0.15) is 0 Å². The molecule has 0 aliphatic carbocycles. The third-order valence-corrected chi connectivity index (χ3v) is 3.53. The van der Waals surface area contributed by atoms with Crippen LogP contribution in [0.4, 0.5) is 5.69 Å². The molecule has 1 aromatic heterocycles. The van der Waals surface area contributed by atoms with Crippen LogP contribution in [0.1, 0.15) is 57.9 Å². The van der Waals surface area contributed by atoms with Crippen LogP contribution >= 0.6 is 11.6 Å². The summed E-state index contributed by atoms with van der Waals surface area (Å²) in [5.41, 5.74) is 2.15. The number of nitrogens with one attached hydrogen (secondary N) is 1. The van der Waals surface area contributed by atoms with Crippen LogP contribution in [0.25, 0.3) is 0 Å². The fourth-order valence-corrected chi connectivity index (χ4v) is 2.33. The molecule has 0 spiro atoms. The fourth-order valence-electron chi connectivity index (χ4n) is 2.07. The maximum absolute atomic E-state index is 6.10. The molecule has 1 aromatic rings. The van der Waals surface area contributed by atoms with Gasteiger partial charge in [-0.1, -0.05) is 50.6 Å². The first kappa shape index (κ1) is 15.3. The first-order valence-corrected chi connectivity index (χ1v) is 7.40. The summed E-state index contributed by atoms with van der Waals surface area (Å²) in [7, 11) is 0. The molecule has 0 bridgehead atoms. The number of rotatable bonds is 8. The zero-order valence-corrected chi connectivity index (χ0v) is 12.6. The van der Waals surface area contributed by atoms with Crippen LogP contribution in [0.3, 0.4) is 0 Å². The Bertz CT molecular complexity index is 332. The van der Waals surface area contributed by atoms with E-state index in [1.54, 1.807) is 6.20 Å². The summed E-state index contributed by atoms with van der Waals surface area (Å²) in [6.07, 6.45) is 9.57. The molecule has 0 amide bonds. The predicted molar refractivity (Wildman–Crippen MR) is 80.4 cm³/mol. The Hall–Kier alpha value is -0.760. The summed E-state index contributed by atoms with van der Waals surface area (Å²) in [5.74, 6) is 0. The number of hydrogen-bond acceptors (Lipinski definition) is 2. The molecule has 1 atom stereocenters. The minimum absolute atomic E-state index is 0.451. The standard InChI is InChI=1S/C15H25ClN2/c1-4-5-6-7-8-9-13(3)18-14-12(2)10-11-17-15(14)16/h10-11,13,18H,4-9H2,1-3H3. The summed E-state index contributed by atoms with van der Waals surface area (Å²) in [4.78, 5) is 4.12. The van der Waals surface area contributed by atoms with Crippen molar-refractivity contribution in [3.8, 4) is 0 Å². The monoisotopic (exact) mass is 268 g/mol. The highest BCUT2D eigenvalue weighted by molar-refractivity contribution is 6.32. The second-order valence-electron chi connectivity index (χ2n) is 5.04. The molecule has 0 radical (unpaired) electrons. The molecular weight excluding hydrogens is 244 g/mol. The van der Waals surface area contributed by atoms with E-state index >= 15 is 0 Å². The molecule has 0 aliphatic rings. The van der Waals surface area contributed by atoms with Gasteiger partial charge >= 0.3 is 0 Å². The van der Waals surface area contributed by atoms with Gasteiger partial charge in [-0.3, -0.25) is 0 Å². The van der Waals surface area contributed by atoms with Crippen LogP contribution in [0, 0.1) is 6.92 Å². The van der Waals surface area contributed by atoms with Gasteiger partial charge in [-0.2, -0.15) is 0 Å². The van der Waals surface area contributed by atoms with E-state index in [0.717, 1.165) is 11.3 Å². The van der Waals surface area contributed by atoms with E-state index in [4.69, 9.17) is 11.6 Å². The minimum Gasteiger partial charge on any atom is -0.380 e. The Morgan fingerprint density at radius 3 is 2.67 bits per heavy atom. The van der Waals surface area contributed by atoms with Gasteiger partial charge in [-0.05, 0) is 31.9 Å². The SMILES string of the molecule is CCCCCCCC(C)Nc1c(C)ccnc1Cl. The lowest BCUT2D eigenvalue weighted by atomic mass is 10.1. The Kier molecular flexibility index (Phi) is 7.11. The van der Waals surface area contributed by atoms with E-state index in [9.17, 15) is 0 Å². The summed E-state index contributed by atoms with van der Waals surface area (Å²) in [6.45, 7) is 6.52. The largest absolute Gasteiger partial charge is 0.380 e. The first-order chi connectivity index (χ1) is 8.65. The van der Waals surface area contributed by atoms with E-state index in [1.807, 2.05) is 6.07 Å². The number of halogens is 1. The Morgan fingerprint density at radius 1 is 1.28 bits per heavy atom. The summed E-state index contributed by atoms with van der Waals surface area (Å²) < 4.78 is 0. The molecule has 0 saturated heterocycles. The zero-order chi connectivity index (χ0) is 13.4. The number of aromatic nitrogens is 1. The van der Waals surface area contributed by atoms with Crippen LogP contribution < -0.4 is 5.32 Å². The number of hydrogen-bond donors (Lipinski definition) is 1. The number of nitrogens with zero attached hydrogens (tertiary/aromatic N) is 1. The average Bonchev–Trinajstić information content (AvgIpc) is 2.34. The van der Waals surface area contributed by atoms with E-state index in [-0.39, 0.29) is 0 Å². The van der Waals surface area contributed by atoms with Crippen molar-refractivity contribution in [3.05, 3.63) is 23.0 Å². The van der Waals surface area contributed by atoms with E-state index in [2.05, 4.69) is 31.1 Å². The highest BCUT2D eigenvalue weighted by Gasteiger charge is 2.08. The molecule has 0 saturated carbocycles. The third-order valence-electron chi connectivity index (χ3n) is 3.24. The van der Waals surface area contributed by atoms with Gasteiger partial charge in [0.2, 0.25) is 0 Å². The van der Waals surface area contributed by atoms with Crippen LogP contribution in [-0.2, 0) is 0 Å². The molecule has 0 aliphatic heterocycles. The van der Waals surface area contributed by atoms with Gasteiger partial charge in [-0.25, -0.2) is 4.98 Å². The van der Waals surface area contributed by atoms with Crippen molar-refractivity contribution in [1.29, 1.82) is 0 Å². The summed E-state index contributed by atoms with van der Waals surface area (Å²) in [5, 5.41) is 4.05. The molecule has 2 nitrogen and oxygen atoms in total. The number of anilines is 1. The van der Waals surface area contributed by atoms with Crippen LogP contribution in [-0.4, -0.2) is 11.0 Å². The van der Waals surface area contributed by atoms with E-state index < -0.39 is 0 Å². The molecule has 3 heteroatoms. The van der Waals surface area contributed by atoms with Gasteiger partial charge in [0.05, 0.1) is 5.69 Å². The van der Waals surface area contributed by atoms with E-state index in [0.29, 0.717) is 11.2 Å². The second-order valence-corrected chi connectivity index (χ2v) is 5.40. The Labute approximate surface area is 116 Å². The lowest BCUT2D eigenvalue weighted by Gasteiger charge is -2.17. The van der Waals surface area contributed by atoms with E-state index in [1.165, 1.54) is 38.5 Å². The molecule has 1 rings (SSSR count). The number of unbranched alkanes of at least 4 members (excludes halogenated alkanes) is 4. The van der Waals surface area contributed by atoms with Crippen LogP contribution in [0.15, 0.2) is 12.3 Å². The normalized spacial score (nSPS) is 12.4. The highest BCUT2D eigenvalue weighted by atomic mass is 35.5. The summed E-state index contributed by atoms with van der Waals surface area (Å²) >= 11 is 6.10. The van der Waals surface area contributed by atoms with Crippen molar-refractivity contribution in [3.63, 3.8) is 0 Å². The van der Waals surface area contributed by atoms with Crippen molar-refractivity contribution >= 4 is 17.3 Å². The Morgan fingerprint density at radius 2 is 2.00 bits per heavy atom. The minimum atomic E-state index is 0.451. The third kappa shape index (κ3) is 5.26.